The molecule has 2 aromatic carbocycles. The number of rotatable bonds is 8. The molecule has 4 atom stereocenters. The molecule has 2 N–H and O–H groups in total. The Hall–Kier alpha value is -1.50. The number of benzene rings is 2. The molecule has 30 heavy (non-hydrogen) atoms. The number of aliphatic hydroxyl groups is 2. The highest BCUT2D eigenvalue weighted by Gasteiger charge is 2.51. The van der Waals surface area contributed by atoms with Crippen LogP contribution < -0.4 is 10.4 Å². The van der Waals surface area contributed by atoms with Crippen LogP contribution >= 0.6 is 0 Å². The Bertz CT molecular complexity index is 735. The fourth-order valence-electron chi connectivity index (χ4n) is 4.59. The molecule has 1 unspecified atom stereocenters. The summed E-state index contributed by atoms with van der Waals surface area (Å²) in [7, 11) is -2.60. The van der Waals surface area contributed by atoms with Crippen molar-refractivity contribution >= 4 is 18.7 Å². The molecule has 0 aliphatic carbocycles. The highest BCUT2D eigenvalue weighted by Crippen LogP contribution is 2.37. The highest BCUT2D eigenvalue weighted by atomic mass is 28.4. The molecule has 164 valence electrons. The fourth-order valence-corrected chi connectivity index (χ4v) is 9.18. The largest absolute Gasteiger partial charge is 0.405 e. The summed E-state index contributed by atoms with van der Waals surface area (Å²) >= 11 is 0. The number of aliphatic hydroxyl groups excluding tert-OH is 2. The Morgan fingerprint density at radius 1 is 1.03 bits per heavy atom. The van der Waals surface area contributed by atoms with E-state index in [1.54, 1.807) is 0 Å². The fraction of sp³-hybridized carbons (Fsp3) is 0.520. The van der Waals surface area contributed by atoms with Crippen molar-refractivity contribution in [2.24, 2.45) is 5.92 Å². The van der Waals surface area contributed by atoms with E-state index < -0.39 is 14.4 Å². The van der Waals surface area contributed by atoms with E-state index in [0.29, 0.717) is 19.4 Å². The van der Waals surface area contributed by atoms with Gasteiger partial charge < -0.3 is 19.4 Å². The predicted octanol–water partition coefficient (Wildman–Crippen LogP) is 3.10. The van der Waals surface area contributed by atoms with Gasteiger partial charge in [0.1, 0.15) is 0 Å². The first-order valence-electron chi connectivity index (χ1n) is 11.0. The maximum atomic E-state index is 10.5. The summed E-state index contributed by atoms with van der Waals surface area (Å²) in [5, 5.41) is 22.2. The van der Waals surface area contributed by atoms with E-state index in [4.69, 9.17) is 9.16 Å². The van der Waals surface area contributed by atoms with Crippen LogP contribution in [-0.4, -0.2) is 50.1 Å². The third kappa shape index (κ3) is 4.87. The van der Waals surface area contributed by atoms with Crippen molar-refractivity contribution < 1.29 is 19.4 Å². The zero-order valence-corrected chi connectivity index (χ0v) is 19.6. The second-order valence-electron chi connectivity index (χ2n) is 9.60. The van der Waals surface area contributed by atoms with E-state index >= 15 is 0 Å². The van der Waals surface area contributed by atoms with Gasteiger partial charge in [0, 0.05) is 13.0 Å². The van der Waals surface area contributed by atoms with Crippen LogP contribution in [0.4, 0.5) is 0 Å². The van der Waals surface area contributed by atoms with Crippen LogP contribution in [0.2, 0.25) is 5.04 Å². The lowest BCUT2D eigenvalue weighted by molar-refractivity contribution is -0.0209. The molecule has 1 aliphatic heterocycles. The Morgan fingerprint density at radius 3 is 2.03 bits per heavy atom. The van der Waals surface area contributed by atoms with Crippen LogP contribution in [0.1, 0.15) is 40.5 Å². The summed E-state index contributed by atoms with van der Waals surface area (Å²) < 4.78 is 13.1. The minimum absolute atomic E-state index is 0.0856. The molecule has 1 fully saturated rings. The highest BCUT2D eigenvalue weighted by molar-refractivity contribution is 6.99. The van der Waals surface area contributed by atoms with E-state index in [9.17, 15) is 10.2 Å². The molecule has 1 saturated heterocycles. The summed E-state index contributed by atoms with van der Waals surface area (Å²) in [6.45, 7) is 9.31. The maximum absolute atomic E-state index is 10.5. The molecule has 0 spiro atoms. The molecule has 4 nitrogen and oxygen atoms in total. The third-order valence-electron chi connectivity index (χ3n) is 6.15. The molecule has 1 heterocycles. The van der Waals surface area contributed by atoms with Crippen molar-refractivity contribution in [2.75, 3.05) is 13.2 Å². The molecule has 0 radical (unpaired) electrons. The number of hydrogen-bond donors (Lipinski definition) is 2. The number of hydrogen-bond acceptors (Lipinski definition) is 4. The monoisotopic (exact) mass is 428 g/mol. The van der Waals surface area contributed by atoms with Crippen LogP contribution in [0.3, 0.4) is 0 Å². The minimum Gasteiger partial charge on any atom is -0.405 e. The van der Waals surface area contributed by atoms with Gasteiger partial charge in [-0.3, -0.25) is 0 Å². The first-order valence-corrected chi connectivity index (χ1v) is 12.9. The van der Waals surface area contributed by atoms with E-state index in [-0.39, 0.29) is 29.8 Å². The van der Waals surface area contributed by atoms with Gasteiger partial charge in [0.25, 0.3) is 8.32 Å². The van der Waals surface area contributed by atoms with Crippen LogP contribution in [0.15, 0.2) is 60.7 Å². The lowest BCUT2D eigenvalue weighted by atomic mass is 10.0. The van der Waals surface area contributed by atoms with Crippen LogP contribution in [-0.2, 0) is 9.16 Å². The molecule has 5 heteroatoms. The predicted molar refractivity (Wildman–Crippen MR) is 124 cm³/mol. The summed E-state index contributed by atoms with van der Waals surface area (Å²) in [5.74, 6) is 0.112. The normalized spacial score (nSPS) is 23.5. The van der Waals surface area contributed by atoms with Gasteiger partial charge in [-0.05, 0) is 27.8 Å². The quantitative estimate of drug-likeness (QED) is 0.635. The zero-order chi connectivity index (χ0) is 21.8. The van der Waals surface area contributed by atoms with Crippen molar-refractivity contribution in [1.29, 1.82) is 0 Å². The molecule has 3 rings (SSSR count). The van der Waals surface area contributed by atoms with Gasteiger partial charge in [0.05, 0.1) is 24.9 Å². The van der Waals surface area contributed by atoms with Gasteiger partial charge >= 0.3 is 0 Å². The summed E-state index contributed by atoms with van der Waals surface area (Å²) in [6, 6.07) is 21.1. The SMILES string of the molecule is CC(CO)C[C@@H]1O[C@@H](CO[Si](c2ccccc2)(c2ccccc2)C(C)(C)C)C[C@@H]1O. The first-order chi connectivity index (χ1) is 14.3. The van der Waals surface area contributed by atoms with Crippen molar-refractivity contribution in [1.82, 2.24) is 0 Å². The Labute approximate surface area is 182 Å². The van der Waals surface area contributed by atoms with Gasteiger partial charge in [-0.1, -0.05) is 88.4 Å². The maximum Gasteiger partial charge on any atom is 0.261 e. The molecule has 0 bridgehead atoms. The van der Waals surface area contributed by atoms with Gasteiger partial charge in [-0.25, -0.2) is 0 Å². The standard InChI is InChI=1S/C25H36O4Si/c1-19(17-26)15-24-23(27)16-20(29-24)18-28-30(25(2,3)4,21-11-7-5-8-12-21)22-13-9-6-10-14-22/h5-14,19-20,23-24,26-27H,15-18H2,1-4H3/t19?,20-,23+,24+/m1/s1. The molecule has 2 aromatic rings. The Morgan fingerprint density at radius 2 is 1.57 bits per heavy atom. The Balaban J connectivity index is 1.88. The minimum atomic E-state index is -2.60. The van der Waals surface area contributed by atoms with E-state index in [1.165, 1.54) is 10.4 Å². The summed E-state index contributed by atoms with van der Waals surface area (Å²) in [5.41, 5.74) is 0. The van der Waals surface area contributed by atoms with Gasteiger partial charge in [-0.15, -0.1) is 0 Å². The lowest BCUT2D eigenvalue weighted by Gasteiger charge is -2.43. The first kappa shape index (κ1) is 23.2. The lowest BCUT2D eigenvalue weighted by Crippen LogP contribution is -2.67. The molecular weight excluding hydrogens is 392 g/mol. The zero-order valence-electron chi connectivity index (χ0n) is 18.6. The average Bonchev–Trinajstić information content (AvgIpc) is 3.08. The van der Waals surface area contributed by atoms with E-state index in [2.05, 4.69) is 69.3 Å². The van der Waals surface area contributed by atoms with Gasteiger partial charge in [0.2, 0.25) is 0 Å². The van der Waals surface area contributed by atoms with Gasteiger partial charge in [-0.2, -0.15) is 0 Å². The summed E-state index contributed by atoms with van der Waals surface area (Å²) in [4.78, 5) is 0. The van der Waals surface area contributed by atoms with Crippen molar-refractivity contribution in [3.63, 3.8) is 0 Å². The second-order valence-corrected chi connectivity index (χ2v) is 13.9. The van der Waals surface area contributed by atoms with E-state index in [1.807, 2.05) is 19.1 Å². The van der Waals surface area contributed by atoms with Crippen LogP contribution in [0.5, 0.6) is 0 Å². The van der Waals surface area contributed by atoms with Crippen molar-refractivity contribution in [2.45, 2.75) is 63.9 Å². The average molecular weight is 429 g/mol. The second kappa shape index (κ2) is 9.75. The smallest absolute Gasteiger partial charge is 0.261 e. The summed E-state index contributed by atoms with van der Waals surface area (Å²) in [6.07, 6.45) is 0.346. The van der Waals surface area contributed by atoms with Crippen molar-refractivity contribution in [3.8, 4) is 0 Å². The Kier molecular flexibility index (Phi) is 7.53. The molecule has 0 saturated carbocycles. The van der Waals surface area contributed by atoms with Gasteiger partial charge in [0.15, 0.2) is 0 Å². The molecule has 0 amide bonds. The van der Waals surface area contributed by atoms with Crippen LogP contribution in [0, 0.1) is 5.92 Å². The third-order valence-corrected chi connectivity index (χ3v) is 11.2. The van der Waals surface area contributed by atoms with Crippen molar-refractivity contribution in [3.05, 3.63) is 60.7 Å². The molecule has 1 aliphatic rings. The molecular formula is C25H36O4Si. The molecule has 0 aromatic heterocycles. The number of ether oxygens (including phenoxy) is 1. The topological polar surface area (TPSA) is 58.9 Å². The van der Waals surface area contributed by atoms with E-state index in [0.717, 1.165) is 0 Å². The van der Waals surface area contributed by atoms with Crippen LogP contribution in [0.25, 0.3) is 0 Å².